The molecule has 3 rings (SSSR count). The van der Waals surface area contributed by atoms with Gasteiger partial charge in [-0.25, -0.2) is 8.42 Å². The number of rotatable bonds is 3. The summed E-state index contributed by atoms with van der Waals surface area (Å²) in [5.41, 5.74) is 2.16. The Bertz CT molecular complexity index is 942. The molecule has 1 aromatic heterocycles. The summed E-state index contributed by atoms with van der Waals surface area (Å²) in [5.74, 6) is -0.174. The molecule has 0 radical (unpaired) electrons. The Kier molecular flexibility index (Phi) is 4.16. The van der Waals surface area contributed by atoms with E-state index < -0.39 is 22.0 Å². The number of fused-ring (bicyclic) bond motifs is 1. The van der Waals surface area contributed by atoms with Gasteiger partial charge in [0, 0.05) is 0 Å². The van der Waals surface area contributed by atoms with Crippen molar-refractivity contribution in [3.63, 3.8) is 0 Å². The van der Waals surface area contributed by atoms with Gasteiger partial charge in [0.2, 0.25) is 10.0 Å². The third-order valence-corrected chi connectivity index (χ3v) is 6.63. The molecule has 0 amide bonds. The normalized spacial score (nSPS) is 18.2. The number of carbonyl (C=O) groups is 1. The standard InChI is InChI=1S/C16H20N4O4S/c1-9-5-10(2)15(11(3)6-9)25(23,24)20-8-14-18-17-12(4)19(14)7-13(20)16(21)22/h5-6,13H,7-8H2,1-4H3,(H,21,22). The second kappa shape index (κ2) is 5.92. The third-order valence-electron chi connectivity index (χ3n) is 4.47. The van der Waals surface area contributed by atoms with Crippen molar-refractivity contribution in [2.24, 2.45) is 0 Å². The number of nitrogens with zero attached hydrogens (tertiary/aromatic N) is 4. The third kappa shape index (κ3) is 2.83. The number of aryl methyl sites for hydroxylation is 4. The van der Waals surface area contributed by atoms with Gasteiger partial charge in [-0.3, -0.25) is 4.79 Å². The van der Waals surface area contributed by atoms with Gasteiger partial charge in [-0.05, 0) is 38.8 Å². The van der Waals surface area contributed by atoms with Crippen molar-refractivity contribution in [1.82, 2.24) is 19.1 Å². The van der Waals surface area contributed by atoms with Crippen LogP contribution in [0.3, 0.4) is 0 Å². The van der Waals surface area contributed by atoms with E-state index in [1.54, 1.807) is 37.5 Å². The number of aliphatic carboxylic acids is 1. The van der Waals surface area contributed by atoms with Gasteiger partial charge < -0.3 is 9.67 Å². The zero-order valence-electron chi connectivity index (χ0n) is 14.5. The predicted molar refractivity (Wildman–Crippen MR) is 89.6 cm³/mol. The Labute approximate surface area is 146 Å². The van der Waals surface area contributed by atoms with Crippen LogP contribution < -0.4 is 0 Å². The molecule has 0 saturated carbocycles. The maximum absolute atomic E-state index is 13.3. The van der Waals surface area contributed by atoms with Crippen LogP contribution in [0.5, 0.6) is 0 Å². The first kappa shape index (κ1) is 17.6. The average Bonchev–Trinajstić information content (AvgIpc) is 2.85. The van der Waals surface area contributed by atoms with Crippen molar-refractivity contribution in [1.29, 1.82) is 0 Å². The Morgan fingerprint density at radius 3 is 2.32 bits per heavy atom. The lowest BCUT2D eigenvalue weighted by Gasteiger charge is -2.33. The average molecular weight is 364 g/mol. The first-order chi connectivity index (χ1) is 11.6. The summed E-state index contributed by atoms with van der Waals surface area (Å²) < 4.78 is 29.2. The first-order valence-corrected chi connectivity index (χ1v) is 9.28. The van der Waals surface area contributed by atoms with Crippen LogP contribution in [0, 0.1) is 27.7 Å². The summed E-state index contributed by atoms with van der Waals surface area (Å²) in [6, 6.07) is 2.37. The van der Waals surface area contributed by atoms with Crippen molar-refractivity contribution >= 4 is 16.0 Å². The Balaban J connectivity index is 2.14. The van der Waals surface area contributed by atoms with Gasteiger partial charge in [-0.1, -0.05) is 17.7 Å². The van der Waals surface area contributed by atoms with E-state index in [4.69, 9.17) is 0 Å². The summed E-state index contributed by atoms with van der Waals surface area (Å²) in [4.78, 5) is 11.9. The van der Waals surface area contributed by atoms with Gasteiger partial charge in [0.15, 0.2) is 0 Å². The number of aromatic nitrogens is 3. The molecular weight excluding hydrogens is 344 g/mol. The summed E-state index contributed by atoms with van der Waals surface area (Å²) in [6.07, 6.45) is 0. The lowest BCUT2D eigenvalue weighted by atomic mass is 10.1. The SMILES string of the molecule is Cc1cc(C)c(S(=O)(=O)N2Cc3nnc(C)n3CC2C(=O)O)c(C)c1. The van der Waals surface area contributed by atoms with Gasteiger partial charge >= 0.3 is 5.97 Å². The van der Waals surface area contributed by atoms with Gasteiger partial charge in [0.25, 0.3) is 0 Å². The molecule has 0 fully saturated rings. The zero-order chi connectivity index (χ0) is 18.5. The predicted octanol–water partition coefficient (Wildman–Crippen LogP) is 1.17. The van der Waals surface area contributed by atoms with Gasteiger partial charge in [-0.15, -0.1) is 10.2 Å². The Hall–Kier alpha value is -2.26. The molecule has 0 saturated heterocycles. The molecule has 0 aliphatic carbocycles. The molecule has 1 aromatic carbocycles. The molecular formula is C16H20N4O4S. The maximum atomic E-state index is 13.3. The monoisotopic (exact) mass is 364 g/mol. The highest BCUT2D eigenvalue weighted by molar-refractivity contribution is 7.89. The number of carboxylic acids is 1. The van der Waals surface area contributed by atoms with Crippen LogP contribution in [0.2, 0.25) is 0 Å². The fourth-order valence-electron chi connectivity index (χ4n) is 3.44. The van der Waals surface area contributed by atoms with Crippen LogP contribution in [0.4, 0.5) is 0 Å². The van der Waals surface area contributed by atoms with E-state index in [9.17, 15) is 18.3 Å². The fraction of sp³-hybridized carbons (Fsp3) is 0.438. The second-order valence-corrected chi connectivity index (χ2v) is 8.23. The van der Waals surface area contributed by atoms with E-state index in [0.717, 1.165) is 9.87 Å². The van der Waals surface area contributed by atoms with E-state index >= 15 is 0 Å². The largest absolute Gasteiger partial charge is 0.480 e. The summed E-state index contributed by atoms with van der Waals surface area (Å²) in [5, 5.41) is 17.5. The molecule has 8 nitrogen and oxygen atoms in total. The number of hydrogen-bond donors (Lipinski definition) is 1. The fourth-order valence-corrected chi connectivity index (χ4v) is 5.38. The van der Waals surface area contributed by atoms with Crippen LogP contribution in [0.15, 0.2) is 17.0 Å². The summed E-state index contributed by atoms with van der Waals surface area (Å²) in [7, 11) is -4.00. The highest BCUT2D eigenvalue weighted by Crippen LogP contribution is 2.30. The second-order valence-electron chi connectivity index (χ2n) is 6.41. The van der Waals surface area contributed by atoms with E-state index in [-0.39, 0.29) is 18.0 Å². The molecule has 0 spiro atoms. The Morgan fingerprint density at radius 1 is 1.16 bits per heavy atom. The minimum absolute atomic E-state index is 0.00726. The highest BCUT2D eigenvalue weighted by Gasteiger charge is 2.42. The number of benzene rings is 1. The molecule has 1 atom stereocenters. The molecule has 134 valence electrons. The minimum atomic E-state index is -4.00. The van der Waals surface area contributed by atoms with E-state index in [1.165, 1.54) is 0 Å². The van der Waals surface area contributed by atoms with Crippen molar-refractivity contribution < 1.29 is 18.3 Å². The summed E-state index contributed by atoms with van der Waals surface area (Å²) >= 11 is 0. The summed E-state index contributed by atoms with van der Waals surface area (Å²) in [6.45, 7) is 6.93. The molecule has 2 aromatic rings. The van der Waals surface area contributed by atoms with Gasteiger partial charge in [0.1, 0.15) is 17.7 Å². The van der Waals surface area contributed by atoms with Crippen LogP contribution in [-0.2, 0) is 27.9 Å². The van der Waals surface area contributed by atoms with Crippen molar-refractivity contribution in [3.05, 3.63) is 40.5 Å². The lowest BCUT2D eigenvalue weighted by Crippen LogP contribution is -2.50. The Morgan fingerprint density at radius 2 is 1.76 bits per heavy atom. The van der Waals surface area contributed by atoms with Crippen molar-refractivity contribution in [2.45, 2.75) is 51.7 Å². The molecule has 1 N–H and O–H groups in total. The number of hydrogen-bond acceptors (Lipinski definition) is 5. The maximum Gasteiger partial charge on any atom is 0.323 e. The van der Waals surface area contributed by atoms with Gasteiger partial charge in [0.05, 0.1) is 18.0 Å². The molecule has 1 unspecified atom stereocenters. The smallest absolute Gasteiger partial charge is 0.323 e. The van der Waals surface area contributed by atoms with E-state index in [2.05, 4.69) is 10.2 Å². The molecule has 9 heteroatoms. The van der Waals surface area contributed by atoms with Crippen LogP contribution in [0.1, 0.15) is 28.3 Å². The van der Waals surface area contributed by atoms with Crippen molar-refractivity contribution in [2.75, 3.05) is 0 Å². The molecule has 1 aliphatic rings. The van der Waals surface area contributed by atoms with E-state index in [1.807, 2.05) is 6.92 Å². The quantitative estimate of drug-likeness (QED) is 0.876. The minimum Gasteiger partial charge on any atom is -0.480 e. The van der Waals surface area contributed by atoms with Gasteiger partial charge in [-0.2, -0.15) is 4.31 Å². The molecule has 1 aliphatic heterocycles. The van der Waals surface area contributed by atoms with Crippen LogP contribution in [0.25, 0.3) is 0 Å². The van der Waals surface area contributed by atoms with Crippen molar-refractivity contribution in [3.8, 4) is 0 Å². The first-order valence-electron chi connectivity index (χ1n) is 7.84. The molecule has 25 heavy (non-hydrogen) atoms. The number of carboxylic acid groups (broad SMARTS) is 1. The van der Waals surface area contributed by atoms with Crippen LogP contribution in [-0.4, -0.2) is 44.6 Å². The van der Waals surface area contributed by atoms with Crippen LogP contribution >= 0.6 is 0 Å². The molecule has 0 bridgehead atoms. The zero-order valence-corrected chi connectivity index (χ0v) is 15.3. The topological polar surface area (TPSA) is 105 Å². The van der Waals surface area contributed by atoms with E-state index in [0.29, 0.717) is 22.8 Å². The molecule has 2 heterocycles. The number of sulfonamides is 1. The lowest BCUT2D eigenvalue weighted by molar-refractivity contribution is -0.142. The highest BCUT2D eigenvalue weighted by atomic mass is 32.2.